The molecule has 2 aromatic rings. The summed E-state index contributed by atoms with van der Waals surface area (Å²) in [6.45, 7) is 3.00. The summed E-state index contributed by atoms with van der Waals surface area (Å²) in [5.74, 6) is 0.715. The molecule has 0 saturated carbocycles. The Bertz CT molecular complexity index is 477. The quantitative estimate of drug-likeness (QED) is 0.689. The number of aromatic nitrogens is 5. The van der Waals surface area contributed by atoms with Crippen LogP contribution in [0.4, 0.5) is 0 Å². The van der Waals surface area contributed by atoms with Crippen LogP contribution in [0.1, 0.15) is 11.5 Å². The molecule has 0 radical (unpaired) electrons. The van der Waals surface area contributed by atoms with Crippen molar-refractivity contribution in [3.05, 3.63) is 29.8 Å². The Hall–Kier alpha value is -1.73. The van der Waals surface area contributed by atoms with E-state index in [4.69, 9.17) is 4.74 Å². The summed E-state index contributed by atoms with van der Waals surface area (Å²) in [7, 11) is 3.46. The Balaban J connectivity index is 1.91. The lowest BCUT2D eigenvalue weighted by molar-refractivity contribution is 0.199. The highest BCUT2D eigenvalue weighted by Gasteiger charge is 2.05. The second-order valence-electron chi connectivity index (χ2n) is 3.99. The highest BCUT2D eigenvalue weighted by molar-refractivity contribution is 5.08. The molecule has 0 spiro atoms. The average molecular weight is 250 g/mol. The van der Waals surface area contributed by atoms with Gasteiger partial charge in [-0.1, -0.05) is 0 Å². The number of ether oxygens (including phenoxy) is 1. The summed E-state index contributed by atoms with van der Waals surface area (Å²) in [6, 6.07) is 4.10. The van der Waals surface area contributed by atoms with Crippen molar-refractivity contribution in [2.75, 3.05) is 20.3 Å². The van der Waals surface area contributed by atoms with Crippen molar-refractivity contribution < 1.29 is 4.74 Å². The third-order valence-corrected chi connectivity index (χ3v) is 2.57. The van der Waals surface area contributed by atoms with Crippen LogP contribution in [-0.4, -0.2) is 45.0 Å². The fraction of sp³-hybridized carbons (Fsp3) is 0.545. The van der Waals surface area contributed by atoms with Crippen LogP contribution in [0.15, 0.2) is 18.3 Å². The molecule has 0 aliphatic heterocycles. The summed E-state index contributed by atoms with van der Waals surface area (Å²) in [6.07, 6.45) is 2.02. The smallest absolute Gasteiger partial charge is 0.194 e. The summed E-state index contributed by atoms with van der Waals surface area (Å²) in [5.41, 5.74) is 1.19. The van der Waals surface area contributed by atoms with E-state index in [0.29, 0.717) is 19.0 Å². The molecule has 0 bridgehead atoms. The molecule has 2 heterocycles. The molecule has 0 fully saturated rings. The van der Waals surface area contributed by atoms with Crippen molar-refractivity contribution in [2.45, 2.75) is 13.1 Å². The standard InChI is InChI=1S/C11H18N6O/c1-16-14-11(13-15-16)9-17-6-3-4-10(17)8-12-5-7-18-2/h3-4,6,12H,5,7-9H2,1-2H3. The van der Waals surface area contributed by atoms with Gasteiger partial charge in [0.15, 0.2) is 5.82 Å². The first kappa shape index (κ1) is 12.7. The van der Waals surface area contributed by atoms with Gasteiger partial charge < -0.3 is 14.6 Å². The predicted molar refractivity (Wildman–Crippen MR) is 65.9 cm³/mol. The fourth-order valence-corrected chi connectivity index (χ4v) is 1.69. The van der Waals surface area contributed by atoms with Gasteiger partial charge in [-0.25, -0.2) is 0 Å². The van der Waals surface area contributed by atoms with E-state index in [1.165, 1.54) is 10.5 Å². The molecule has 0 aliphatic carbocycles. The van der Waals surface area contributed by atoms with E-state index in [1.54, 1.807) is 14.2 Å². The van der Waals surface area contributed by atoms with Crippen molar-refractivity contribution >= 4 is 0 Å². The number of nitrogens with one attached hydrogen (secondary N) is 1. The molecule has 2 aromatic heterocycles. The fourth-order valence-electron chi connectivity index (χ4n) is 1.69. The minimum absolute atomic E-state index is 0.641. The number of nitrogens with zero attached hydrogens (tertiary/aromatic N) is 5. The van der Waals surface area contributed by atoms with Crippen molar-refractivity contribution in [2.24, 2.45) is 7.05 Å². The van der Waals surface area contributed by atoms with Gasteiger partial charge in [0.2, 0.25) is 0 Å². The zero-order valence-corrected chi connectivity index (χ0v) is 10.7. The first-order chi connectivity index (χ1) is 8.79. The normalized spacial score (nSPS) is 11.0. The van der Waals surface area contributed by atoms with Crippen LogP contribution in [-0.2, 0) is 24.9 Å². The summed E-state index contributed by atoms with van der Waals surface area (Å²) in [4.78, 5) is 1.47. The maximum absolute atomic E-state index is 4.99. The minimum Gasteiger partial charge on any atom is -0.383 e. The summed E-state index contributed by atoms with van der Waals surface area (Å²) >= 11 is 0. The molecule has 7 nitrogen and oxygen atoms in total. The number of rotatable bonds is 7. The molecule has 98 valence electrons. The van der Waals surface area contributed by atoms with Crippen LogP contribution in [0.3, 0.4) is 0 Å². The van der Waals surface area contributed by atoms with Gasteiger partial charge in [-0.2, -0.15) is 4.80 Å². The monoisotopic (exact) mass is 250 g/mol. The Morgan fingerprint density at radius 3 is 3.06 bits per heavy atom. The van der Waals surface area contributed by atoms with Gasteiger partial charge in [0.25, 0.3) is 0 Å². The van der Waals surface area contributed by atoms with Crippen LogP contribution < -0.4 is 5.32 Å². The van der Waals surface area contributed by atoms with E-state index in [1.807, 2.05) is 12.3 Å². The third-order valence-electron chi connectivity index (χ3n) is 2.57. The summed E-state index contributed by atoms with van der Waals surface area (Å²) < 4.78 is 7.10. The van der Waals surface area contributed by atoms with Crippen molar-refractivity contribution in [3.8, 4) is 0 Å². The molecular weight excluding hydrogens is 232 g/mol. The molecule has 2 rings (SSSR count). The number of hydrogen-bond acceptors (Lipinski definition) is 5. The molecule has 1 N–H and O–H groups in total. The third kappa shape index (κ3) is 3.38. The summed E-state index contributed by atoms with van der Waals surface area (Å²) in [5, 5.41) is 15.3. The molecule has 7 heteroatoms. The second kappa shape index (κ2) is 6.27. The van der Waals surface area contributed by atoms with E-state index < -0.39 is 0 Å². The van der Waals surface area contributed by atoms with Crippen molar-refractivity contribution in [3.63, 3.8) is 0 Å². The highest BCUT2D eigenvalue weighted by atomic mass is 16.5. The highest BCUT2D eigenvalue weighted by Crippen LogP contribution is 2.04. The number of tetrazole rings is 1. The molecule has 0 unspecified atom stereocenters. The molecule has 18 heavy (non-hydrogen) atoms. The minimum atomic E-state index is 0.641. The molecule has 0 saturated heterocycles. The molecule has 0 aliphatic rings. The van der Waals surface area contributed by atoms with Gasteiger partial charge in [0, 0.05) is 32.1 Å². The van der Waals surface area contributed by atoms with Crippen LogP contribution >= 0.6 is 0 Å². The van der Waals surface area contributed by atoms with E-state index in [2.05, 4.69) is 31.4 Å². The molecular formula is C11H18N6O. The van der Waals surface area contributed by atoms with Crippen LogP contribution in [0.25, 0.3) is 0 Å². The Kier molecular flexibility index (Phi) is 4.43. The van der Waals surface area contributed by atoms with E-state index in [-0.39, 0.29) is 0 Å². The Morgan fingerprint density at radius 2 is 2.33 bits per heavy atom. The number of hydrogen-bond donors (Lipinski definition) is 1. The van der Waals surface area contributed by atoms with E-state index in [9.17, 15) is 0 Å². The first-order valence-electron chi connectivity index (χ1n) is 5.86. The van der Waals surface area contributed by atoms with Gasteiger partial charge in [-0.3, -0.25) is 0 Å². The van der Waals surface area contributed by atoms with Crippen LogP contribution in [0.2, 0.25) is 0 Å². The van der Waals surface area contributed by atoms with Crippen LogP contribution in [0.5, 0.6) is 0 Å². The SMILES string of the molecule is COCCNCc1cccn1Cc1nnn(C)n1. The zero-order chi connectivity index (χ0) is 12.8. The van der Waals surface area contributed by atoms with Crippen molar-refractivity contribution in [1.29, 1.82) is 0 Å². The topological polar surface area (TPSA) is 69.8 Å². The van der Waals surface area contributed by atoms with Crippen molar-refractivity contribution in [1.82, 2.24) is 30.1 Å². The van der Waals surface area contributed by atoms with E-state index in [0.717, 1.165) is 13.1 Å². The first-order valence-corrected chi connectivity index (χ1v) is 5.86. The lowest BCUT2D eigenvalue weighted by Gasteiger charge is -2.08. The Morgan fingerprint density at radius 1 is 1.44 bits per heavy atom. The number of methoxy groups -OCH3 is 1. The van der Waals surface area contributed by atoms with Gasteiger partial charge in [-0.05, 0) is 17.3 Å². The lowest BCUT2D eigenvalue weighted by atomic mass is 10.4. The molecule has 0 atom stereocenters. The molecule has 0 amide bonds. The number of aryl methyl sites for hydroxylation is 1. The molecule has 0 aromatic carbocycles. The van der Waals surface area contributed by atoms with Gasteiger partial charge >= 0.3 is 0 Å². The maximum atomic E-state index is 4.99. The maximum Gasteiger partial charge on any atom is 0.194 e. The second-order valence-corrected chi connectivity index (χ2v) is 3.99. The van der Waals surface area contributed by atoms with E-state index >= 15 is 0 Å². The van der Waals surface area contributed by atoms with Gasteiger partial charge in [0.1, 0.15) is 0 Å². The average Bonchev–Trinajstić information content (AvgIpc) is 2.95. The van der Waals surface area contributed by atoms with Gasteiger partial charge in [0.05, 0.1) is 20.2 Å². The van der Waals surface area contributed by atoms with Crippen LogP contribution in [0, 0.1) is 0 Å². The Labute approximate surface area is 106 Å². The predicted octanol–water partition coefficient (Wildman–Crippen LogP) is -0.204. The largest absolute Gasteiger partial charge is 0.383 e. The zero-order valence-electron chi connectivity index (χ0n) is 10.7. The van der Waals surface area contributed by atoms with Gasteiger partial charge in [-0.15, -0.1) is 10.2 Å². The lowest BCUT2D eigenvalue weighted by Crippen LogP contribution is -2.20.